The van der Waals surface area contributed by atoms with Gasteiger partial charge in [-0.3, -0.25) is 9.29 Å². The van der Waals surface area contributed by atoms with Crippen LogP contribution in [0.2, 0.25) is 0 Å². The maximum absolute atomic E-state index is 13.5. The van der Waals surface area contributed by atoms with Crippen LogP contribution in [0.15, 0.2) is 30.6 Å². The number of aryl methyl sites for hydroxylation is 1. The molecule has 4 rings (SSSR count). The van der Waals surface area contributed by atoms with Gasteiger partial charge in [-0.15, -0.1) is 10.2 Å². The van der Waals surface area contributed by atoms with E-state index in [0.717, 1.165) is 22.3 Å². The molecule has 3 heterocycles. The molecule has 0 unspecified atom stereocenters. The molecule has 0 spiro atoms. The molecule has 2 aromatic heterocycles. The van der Waals surface area contributed by atoms with E-state index in [4.69, 9.17) is 9.47 Å². The van der Waals surface area contributed by atoms with Gasteiger partial charge in [-0.2, -0.15) is 13.2 Å². The Bertz CT molecular complexity index is 1400. The number of halogens is 3. The average molecular weight is 557 g/mol. The molecule has 2 N–H and O–H groups in total. The minimum absolute atomic E-state index is 0.0517. The van der Waals surface area contributed by atoms with Crippen molar-refractivity contribution >= 4 is 16.0 Å². The van der Waals surface area contributed by atoms with E-state index in [2.05, 4.69) is 24.9 Å². The molecule has 0 amide bonds. The van der Waals surface area contributed by atoms with E-state index in [-0.39, 0.29) is 35.9 Å². The first-order chi connectivity index (χ1) is 17.8. The van der Waals surface area contributed by atoms with Crippen molar-refractivity contribution in [3.05, 3.63) is 53.1 Å². The number of hydrogen-bond donors (Lipinski definition) is 2. The van der Waals surface area contributed by atoms with E-state index in [9.17, 15) is 26.7 Å². The van der Waals surface area contributed by atoms with Gasteiger partial charge in [0.05, 0.1) is 24.9 Å². The van der Waals surface area contributed by atoms with Gasteiger partial charge in [0.1, 0.15) is 11.4 Å². The lowest BCUT2D eigenvalue weighted by Crippen LogP contribution is -2.35. The molecule has 0 fully saturated rings. The van der Waals surface area contributed by atoms with Gasteiger partial charge in [0, 0.05) is 18.0 Å². The van der Waals surface area contributed by atoms with Crippen LogP contribution in [0.5, 0.6) is 0 Å². The third kappa shape index (κ3) is 5.65. The summed E-state index contributed by atoms with van der Waals surface area (Å²) in [4.78, 5) is 8.44. The van der Waals surface area contributed by atoms with Gasteiger partial charge in [-0.1, -0.05) is 6.07 Å². The summed E-state index contributed by atoms with van der Waals surface area (Å²) in [6.45, 7) is 5.91. The van der Waals surface area contributed by atoms with Gasteiger partial charge < -0.3 is 14.6 Å². The fourth-order valence-electron chi connectivity index (χ4n) is 3.91. The van der Waals surface area contributed by atoms with Crippen LogP contribution in [0, 0.1) is 6.92 Å². The smallest absolute Gasteiger partial charge is 0.392 e. The normalized spacial score (nSPS) is 17.4. The summed E-state index contributed by atoms with van der Waals surface area (Å²) >= 11 is 0. The Morgan fingerprint density at radius 3 is 2.50 bits per heavy atom. The number of aromatic nitrogens is 5. The molecule has 38 heavy (non-hydrogen) atoms. The first-order valence-electron chi connectivity index (χ1n) is 11.6. The Balaban J connectivity index is 1.73. The summed E-state index contributed by atoms with van der Waals surface area (Å²) in [6.07, 6.45) is -4.12. The van der Waals surface area contributed by atoms with E-state index in [1.165, 1.54) is 13.0 Å². The van der Waals surface area contributed by atoms with Crippen molar-refractivity contribution in [2.24, 2.45) is 0 Å². The number of aliphatic hydroxyl groups is 1. The fourth-order valence-corrected chi connectivity index (χ4v) is 5.00. The van der Waals surface area contributed by atoms with Crippen molar-refractivity contribution in [3.63, 3.8) is 0 Å². The molecule has 0 radical (unpaired) electrons. The zero-order chi connectivity index (χ0) is 27.8. The predicted octanol–water partition coefficient (Wildman–Crippen LogP) is 3.38. The number of alkyl halides is 3. The Kier molecular flexibility index (Phi) is 7.74. The van der Waals surface area contributed by atoms with Crippen LogP contribution in [-0.4, -0.2) is 56.2 Å². The molecule has 15 heteroatoms. The molecular weight excluding hydrogens is 529 g/mol. The molecular formula is C23H27F3N6O5S. The number of nitrogens with one attached hydrogen (secondary N) is 1. The highest BCUT2D eigenvalue weighted by Gasteiger charge is 2.37. The Hall–Kier alpha value is -3.14. The third-order valence-electron chi connectivity index (χ3n) is 5.87. The van der Waals surface area contributed by atoms with E-state index >= 15 is 0 Å². The molecule has 206 valence electrons. The molecule has 0 saturated carbocycles. The largest absolute Gasteiger partial charge is 0.416 e. The Morgan fingerprint density at radius 2 is 1.89 bits per heavy atom. The first kappa shape index (κ1) is 27.9. The summed E-state index contributed by atoms with van der Waals surface area (Å²) in [5, 5.41) is 16.5. The quantitative estimate of drug-likeness (QED) is 0.427. The first-order valence-corrected chi connectivity index (χ1v) is 13.2. The number of aliphatic hydroxyl groups excluding tert-OH is 1. The lowest BCUT2D eigenvalue weighted by atomic mass is 10.0. The highest BCUT2D eigenvalue weighted by molar-refractivity contribution is 7.93. The number of nitrogens with zero attached hydrogens (tertiary/aromatic N) is 5. The average Bonchev–Trinajstić information content (AvgIpc) is 3.17. The monoisotopic (exact) mass is 556 g/mol. The van der Waals surface area contributed by atoms with E-state index in [0.29, 0.717) is 5.56 Å². The van der Waals surface area contributed by atoms with Crippen LogP contribution in [0.25, 0.3) is 11.4 Å². The second kappa shape index (κ2) is 10.6. The zero-order valence-electron chi connectivity index (χ0n) is 21.0. The molecule has 1 aromatic carbocycles. The van der Waals surface area contributed by atoms with E-state index in [1.807, 2.05) is 0 Å². The fraction of sp³-hybridized carbons (Fsp3) is 0.478. The minimum Gasteiger partial charge on any atom is -0.392 e. The number of sulfonamides is 1. The van der Waals surface area contributed by atoms with Crippen molar-refractivity contribution in [2.45, 2.75) is 64.2 Å². The number of ether oxygens (including phenoxy) is 2. The van der Waals surface area contributed by atoms with Crippen LogP contribution in [0.4, 0.5) is 19.1 Å². The third-order valence-corrected chi connectivity index (χ3v) is 7.57. The number of hydrogen-bond acceptors (Lipinski definition) is 9. The van der Waals surface area contributed by atoms with Gasteiger partial charge in [-0.25, -0.2) is 18.4 Å². The molecule has 3 atom stereocenters. The molecule has 0 aliphatic carbocycles. The topological polar surface area (TPSA) is 141 Å². The number of rotatable bonds is 8. The van der Waals surface area contributed by atoms with Crippen LogP contribution in [-0.2, 0) is 32.3 Å². The number of benzene rings is 1. The van der Waals surface area contributed by atoms with E-state index in [1.54, 1.807) is 33.2 Å². The SMILES string of the molecule is Cc1cnc([C@H](OC(C)C)[C@H](C)S(=O)(=O)Nc2nnc3n2[C@H](CO)OCc2ccc(C(F)(F)F)cc2-3)nc1. The highest BCUT2D eigenvalue weighted by Crippen LogP contribution is 2.38. The van der Waals surface area contributed by atoms with Crippen molar-refractivity contribution in [1.29, 1.82) is 0 Å². The van der Waals surface area contributed by atoms with Gasteiger partial charge >= 0.3 is 6.18 Å². The standard InChI is InChI=1S/C23H27F3N6O5S/c1-12(2)37-19(20-27-8-13(3)9-28-20)14(4)38(34,35)31-22-30-29-21-17-7-16(23(24,25)26)6-5-15(17)11-36-18(10-33)32(21)22/h5-9,12,14,18-19,33H,10-11H2,1-4H3,(H,30,31)/t14-,18-,19+/m0/s1. The van der Waals surface area contributed by atoms with Crippen LogP contribution in [0.1, 0.15) is 55.6 Å². The maximum atomic E-state index is 13.5. The van der Waals surface area contributed by atoms with Crippen LogP contribution in [0.3, 0.4) is 0 Å². The molecule has 1 aliphatic heterocycles. The van der Waals surface area contributed by atoms with Crippen LogP contribution < -0.4 is 4.72 Å². The minimum atomic E-state index is -4.62. The predicted molar refractivity (Wildman–Crippen MR) is 129 cm³/mol. The molecule has 0 bridgehead atoms. The Morgan fingerprint density at radius 1 is 1.21 bits per heavy atom. The zero-order valence-corrected chi connectivity index (χ0v) is 21.8. The van der Waals surface area contributed by atoms with Crippen molar-refractivity contribution in [1.82, 2.24) is 24.7 Å². The van der Waals surface area contributed by atoms with Crippen molar-refractivity contribution < 1.29 is 36.2 Å². The maximum Gasteiger partial charge on any atom is 0.416 e. The van der Waals surface area contributed by atoms with Crippen LogP contribution >= 0.6 is 0 Å². The molecule has 1 aliphatic rings. The summed E-state index contributed by atoms with van der Waals surface area (Å²) in [5.41, 5.74) is 0.278. The summed E-state index contributed by atoms with van der Waals surface area (Å²) in [6, 6.07) is 3.05. The summed E-state index contributed by atoms with van der Waals surface area (Å²) < 4.78 is 82.1. The van der Waals surface area contributed by atoms with Gasteiger partial charge in [0.25, 0.3) is 0 Å². The Labute approximate surface area is 217 Å². The van der Waals surface area contributed by atoms with E-state index < -0.39 is 46.0 Å². The second-order valence-corrected chi connectivity index (χ2v) is 11.1. The van der Waals surface area contributed by atoms with Gasteiger partial charge in [-0.05, 0) is 51.0 Å². The lowest BCUT2D eigenvalue weighted by Gasteiger charge is -2.26. The molecule has 3 aromatic rings. The lowest BCUT2D eigenvalue weighted by molar-refractivity contribution is -0.137. The molecule has 11 nitrogen and oxygen atoms in total. The number of fused-ring (bicyclic) bond motifs is 3. The summed E-state index contributed by atoms with van der Waals surface area (Å²) in [7, 11) is -4.27. The van der Waals surface area contributed by atoms with Gasteiger partial charge in [0.15, 0.2) is 17.9 Å². The molecule has 0 saturated heterocycles. The van der Waals surface area contributed by atoms with Crippen molar-refractivity contribution in [3.8, 4) is 11.4 Å². The number of anilines is 1. The van der Waals surface area contributed by atoms with Gasteiger partial charge in [0.2, 0.25) is 16.0 Å². The summed E-state index contributed by atoms with van der Waals surface area (Å²) in [5.74, 6) is -0.276. The second-order valence-electron chi connectivity index (χ2n) is 9.11. The van der Waals surface area contributed by atoms with Crippen molar-refractivity contribution in [2.75, 3.05) is 11.3 Å². The highest BCUT2D eigenvalue weighted by atomic mass is 32.2.